The molecule has 0 aliphatic carbocycles. The summed E-state index contributed by atoms with van der Waals surface area (Å²) < 4.78 is 1.38. The van der Waals surface area contributed by atoms with Crippen molar-refractivity contribution in [2.75, 3.05) is 0 Å². The number of H-pyrrole nitrogens is 2. The number of fused-ring (bicyclic) bond motifs is 1. The Hall–Kier alpha value is -3.26. The molecule has 4 rings (SSSR count). The number of imidazole rings is 1. The minimum Gasteiger partial charge on any atom is -0.366 e. The average molecular weight is 365 g/mol. The molecule has 0 spiro atoms. The minimum absolute atomic E-state index is 0.189. The van der Waals surface area contributed by atoms with Crippen molar-refractivity contribution in [1.29, 1.82) is 0 Å². The van der Waals surface area contributed by atoms with Crippen LogP contribution in [0.15, 0.2) is 64.3 Å². The molecule has 0 saturated heterocycles. The number of hydrogen-bond acceptors (Lipinski definition) is 4. The Bertz CT molecular complexity index is 1120. The van der Waals surface area contributed by atoms with Crippen molar-refractivity contribution in [2.45, 2.75) is 10.6 Å². The third kappa shape index (κ3) is 3.14. The van der Waals surface area contributed by atoms with E-state index in [4.69, 9.17) is 5.73 Å². The van der Waals surface area contributed by atoms with Crippen molar-refractivity contribution in [1.82, 2.24) is 19.7 Å². The van der Waals surface area contributed by atoms with Crippen molar-refractivity contribution >= 4 is 28.7 Å². The molecule has 0 radical (unpaired) electrons. The van der Waals surface area contributed by atoms with Crippen LogP contribution in [0.2, 0.25) is 0 Å². The van der Waals surface area contributed by atoms with Gasteiger partial charge < -0.3 is 10.7 Å². The number of rotatable bonds is 5. The van der Waals surface area contributed by atoms with E-state index < -0.39 is 5.91 Å². The van der Waals surface area contributed by atoms with Gasteiger partial charge >= 0.3 is 0 Å². The van der Waals surface area contributed by atoms with Crippen LogP contribution >= 0.6 is 11.8 Å². The summed E-state index contributed by atoms with van der Waals surface area (Å²) in [6, 6.07) is 16.2. The molecule has 4 aromatic rings. The maximum absolute atomic E-state index is 12.3. The molecule has 0 unspecified atom stereocenters. The zero-order valence-corrected chi connectivity index (χ0v) is 14.4. The van der Waals surface area contributed by atoms with Crippen LogP contribution in [0.3, 0.4) is 0 Å². The Balaban J connectivity index is 1.56. The Kier molecular flexibility index (Phi) is 4.10. The molecule has 0 aliphatic heterocycles. The van der Waals surface area contributed by atoms with Crippen LogP contribution < -0.4 is 11.3 Å². The molecule has 7 nitrogen and oxygen atoms in total. The largest absolute Gasteiger partial charge is 0.366 e. The summed E-state index contributed by atoms with van der Waals surface area (Å²) >= 11 is 1.51. The number of nitrogens with zero attached hydrogens (tertiary/aromatic N) is 2. The quantitative estimate of drug-likeness (QED) is 0.472. The van der Waals surface area contributed by atoms with E-state index in [0.717, 1.165) is 21.6 Å². The number of carbonyl (C=O) groups excluding carboxylic acids is 1. The molecule has 0 aliphatic rings. The normalized spacial score (nSPS) is 11.1. The zero-order chi connectivity index (χ0) is 18.1. The van der Waals surface area contributed by atoms with Crippen molar-refractivity contribution < 1.29 is 4.79 Å². The molecule has 26 heavy (non-hydrogen) atoms. The summed E-state index contributed by atoms with van der Waals surface area (Å²) in [6.45, 7) is 0. The van der Waals surface area contributed by atoms with Gasteiger partial charge in [-0.3, -0.25) is 14.7 Å². The van der Waals surface area contributed by atoms with Gasteiger partial charge in [0.15, 0.2) is 0 Å². The molecule has 0 saturated carbocycles. The highest BCUT2D eigenvalue weighted by molar-refractivity contribution is 7.98. The van der Waals surface area contributed by atoms with Crippen LogP contribution in [-0.4, -0.2) is 25.7 Å². The van der Waals surface area contributed by atoms with Gasteiger partial charge in [-0.25, -0.2) is 4.98 Å². The molecule has 4 N–H and O–H groups in total. The minimum atomic E-state index is -0.461. The number of thioether (sulfide) groups is 1. The molecular weight excluding hydrogens is 350 g/mol. The van der Waals surface area contributed by atoms with E-state index in [1.807, 2.05) is 30.3 Å². The monoisotopic (exact) mass is 365 g/mol. The first kappa shape index (κ1) is 16.2. The molecule has 0 fully saturated rings. The fourth-order valence-electron chi connectivity index (χ4n) is 2.62. The molecule has 0 atom stereocenters. The van der Waals surface area contributed by atoms with E-state index in [1.54, 1.807) is 18.2 Å². The number of hydrogen-bond donors (Lipinski definition) is 3. The van der Waals surface area contributed by atoms with Crippen LogP contribution in [0.4, 0.5) is 0 Å². The SMILES string of the molecule is NC(=O)c1cccc(SCc2cc(=O)n(-c3nc4ccccc4[nH]3)[nH]2)c1. The summed E-state index contributed by atoms with van der Waals surface area (Å²) in [5, 5.41) is 3.06. The molecule has 8 heteroatoms. The lowest BCUT2D eigenvalue weighted by atomic mass is 10.2. The van der Waals surface area contributed by atoms with Gasteiger partial charge in [-0.2, -0.15) is 4.68 Å². The highest BCUT2D eigenvalue weighted by Gasteiger charge is 2.10. The average Bonchev–Trinajstić information content (AvgIpc) is 3.23. The number of nitrogens with two attached hydrogens (primary N) is 1. The van der Waals surface area contributed by atoms with E-state index in [9.17, 15) is 9.59 Å². The van der Waals surface area contributed by atoms with E-state index in [2.05, 4.69) is 15.1 Å². The van der Waals surface area contributed by atoms with Gasteiger partial charge in [-0.15, -0.1) is 11.8 Å². The Morgan fingerprint density at radius 1 is 1.15 bits per heavy atom. The second-order valence-corrected chi connectivity index (χ2v) is 6.76. The Morgan fingerprint density at radius 3 is 2.81 bits per heavy atom. The maximum atomic E-state index is 12.3. The maximum Gasteiger partial charge on any atom is 0.274 e. The van der Waals surface area contributed by atoms with Crippen LogP contribution in [-0.2, 0) is 5.75 Å². The molecule has 2 aromatic carbocycles. The predicted molar refractivity (Wildman–Crippen MR) is 101 cm³/mol. The number of primary amides is 1. The molecule has 130 valence electrons. The van der Waals surface area contributed by atoms with Gasteiger partial charge in [0.1, 0.15) is 0 Å². The van der Waals surface area contributed by atoms with Gasteiger partial charge in [0.05, 0.1) is 11.0 Å². The van der Waals surface area contributed by atoms with Gasteiger partial charge in [0.2, 0.25) is 11.9 Å². The summed E-state index contributed by atoms with van der Waals surface area (Å²) in [5.41, 5.74) is 7.99. The van der Waals surface area contributed by atoms with E-state index in [-0.39, 0.29) is 5.56 Å². The summed E-state index contributed by atoms with van der Waals surface area (Å²) in [5.74, 6) is 0.532. The first-order chi connectivity index (χ1) is 12.6. The van der Waals surface area contributed by atoms with E-state index in [0.29, 0.717) is 17.3 Å². The van der Waals surface area contributed by atoms with Crippen molar-refractivity contribution in [3.8, 4) is 5.95 Å². The summed E-state index contributed by atoms with van der Waals surface area (Å²) in [7, 11) is 0. The highest BCUT2D eigenvalue weighted by Crippen LogP contribution is 2.22. The van der Waals surface area contributed by atoms with E-state index in [1.165, 1.54) is 22.5 Å². The molecule has 2 heterocycles. The van der Waals surface area contributed by atoms with Crippen molar-refractivity contribution in [2.24, 2.45) is 5.73 Å². The molecule has 0 bridgehead atoms. The summed E-state index contributed by atoms with van der Waals surface area (Å²) in [6.07, 6.45) is 0. The van der Waals surface area contributed by atoms with Gasteiger partial charge in [0, 0.05) is 28.0 Å². The number of amides is 1. The molecule has 2 aromatic heterocycles. The molecular formula is C18H15N5O2S. The van der Waals surface area contributed by atoms with Crippen LogP contribution in [0.25, 0.3) is 17.0 Å². The second kappa shape index (κ2) is 6.57. The number of carbonyl (C=O) groups is 1. The smallest absolute Gasteiger partial charge is 0.274 e. The lowest BCUT2D eigenvalue weighted by molar-refractivity contribution is 0.1000. The number of aromatic nitrogens is 4. The van der Waals surface area contributed by atoms with Crippen LogP contribution in [0, 0.1) is 0 Å². The third-order valence-corrected chi connectivity index (χ3v) is 4.92. The van der Waals surface area contributed by atoms with Gasteiger partial charge in [0.25, 0.3) is 5.56 Å². The van der Waals surface area contributed by atoms with Crippen LogP contribution in [0.1, 0.15) is 16.1 Å². The number of aromatic amines is 2. The first-order valence-electron chi connectivity index (χ1n) is 7.89. The topological polar surface area (TPSA) is 110 Å². The second-order valence-electron chi connectivity index (χ2n) is 5.71. The lowest BCUT2D eigenvalue weighted by Crippen LogP contribution is -2.14. The first-order valence-corrected chi connectivity index (χ1v) is 8.87. The number of para-hydroxylation sites is 2. The highest BCUT2D eigenvalue weighted by atomic mass is 32.2. The van der Waals surface area contributed by atoms with Gasteiger partial charge in [-0.05, 0) is 30.3 Å². The predicted octanol–water partition coefficient (Wildman–Crippen LogP) is 2.43. The number of benzene rings is 2. The van der Waals surface area contributed by atoms with Crippen molar-refractivity contribution in [3.05, 3.63) is 76.2 Å². The number of nitrogens with one attached hydrogen (secondary N) is 2. The Labute approximate surface area is 152 Å². The lowest BCUT2D eigenvalue weighted by Gasteiger charge is -2.02. The molecule has 1 amide bonds. The standard InChI is InChI=1S/C18H15N5O2S/c19-17(25)11-4-3-5-13(8-11)26-10-12-9-16(24)23(22-12)18-20-14-6-1-2-7-15(14)21-18/h1-9,22H,10H2,(H2,19,25)(H,20,21). The van der Waals surface area contributed by atoms with Gasteiger partial charge in [-0.1, -0.05) is 18.2 Å². The fourth-order valence-corrected chi connectivity index (χ4v) is 3.48. The fraction of sp³-hybridized carbons (Fsp3) is 0.0556. The van der Waals surface area contributed by atoms with E-state index >= 15 is 0 Å². The summed E-state index contributed by atoms with van der Waals surface area (Å²) in [4.78, 5) is 32.0. The third-order valence-electron chi connectivity index (χ3n) is 3.88. The van der Waals surface area contributed by atoms with Crippen LogP contribution in [0.5, 0.6) is 0 Å². The van der Waals surface area contributed by atoms with Crippen molar-refractivity contribution in [3.63, 3.8) is 0 Å². The zero-order valence-electron chi connectivity index (χ0n) is 13.6. The Morgan fingerprint density at radius 2 is 2.00 bits per heavy atom.